The predicted octanol–water partition coefficient (Wildman–Crippen LogP) is 1.01. The quantitative estimate of drug-likeness (QED) is 0.384. The molecule has 0 aromatic rings. The van der Waals surface area contributed by atoms with Crippen molar-refractivity contribution in [3.63, 3.8) is 0 Å². The molecule has 0 spiro atoms. The molecular weight excluding hydrogens is 182 g/mol. The van der Waals surface area contributed by atoms with Gasteiger partial charge in [-0.05, 0) is 19.9 Å². The Balaban J connectivity index is 2.42. The Morgan fingerprint density at radius 2 is 2.46 bits per heavy atom. The maximum Gasteiger partial charge on any atom is 0.248 e. The fourth-order valence-corrected chi connectivity index (χ4v) is 2.01. The molecule has 0 saturated carbocycles. The molecule has 1 atom stereocenters. The van der Waals surface area contributed by atoms with Crippen LogP contribution in [-0.4, -0.2) is 26.8 Å². The normalized spacial score (nSPS) is 22.2. The Hall–Kier alpha value is -0.613. The first-order valence-electron chi connectivity index (χ1n) is 4.75. The van der Waals surface area contributed by atoms with Gasteiger partial charge in [-0.3, -0.25) is 4.79 Å². The van der Waals surface area contributed by atoms with Crippen molar-refractivity contribution in [1.82, 2.24) is 5.06 Å². The van der Waals surface area contributed by atoms with Crippen LogP contribution in [0.15, 0.2) is 11.6 Å². The number of hydrogen-bond acceptors (Lipinski definition) is 2. The summed E-state index contributed by atoms with van der Waals surface area (Å²) in [4.78, 5) is 11.1. The monoisotopic (exact) mass is 199 g/mol. The van der Waals surface area contributed by atoms with Crippen LogP contribution >= 0.6 is 0 Å². The van der Waals surface area contributed by atoms with Gasteiger partial charge in [0.1, 0.15) is 0 Å². The van der Waals surface area contributed by atoms with Gasteiger partial charge in [0.2, 0.25) is 5.91 Å². The van der Waals surface area contributed by atoms with Crippen molar-refractivity contribution in [2.45, 2.75) is 39.3 Å². The van der Waals surface area contributed by atoms with Gasteiger partial charge in [-0.2, -0.15) is 0 Å². The van der Waals surface area contributed by atoms with Crippen LogP contribution in [0.4, 0.5) is 0 Å². The Kier molecular flexibility index (Phi) is 3.68. The number of β-lactam (4-membered cyclic amide) rings is 1. The Morgan fingerprint density at radius 3 is 2.92 bits per heavy atom. The lowest BCUT2D eigenvalue weighted by atomic mass is 10.0. The van der Waals surface area contributed by atoms with Crippen molar-refractivity contribution < 1.29 is 9.32 Å². The average molecular weight is 199 g/mol. The first kappa shape index (κ1) is 10.5. The molecule has 1 aliphatic rings. The summed E-state index contributed by atoms with van der Waals surface area (Å²) < 4.78 is 5.43. The summed E-state index contributed by atoms with van der Waals surface area (Å²) in [6.45, 7) is 6.17. The second kappa shape index (κ2) is 4.57. The molecule has 0 bridgehead atoms. The largest absolute Gasteiger partial charge is 0.325 e. The molecule has 0 aromatic carbocycles. The van der Waals surface area contributed by atoms with Crippen molar-refractivity contribution in [3.8, 4) is 0 Å². The molecule has 1 amide bonds. The van der Waals surface area contributed by atoms with E-state index in [1.165, 1.54) is 5.57 Å². The van der Waals surface area contributed by atoms with Crippen molar-refractivity contribution in [2.75, 3.05) is 0 Å². The molecule has 1 fully saturated rings. The van der Waals surface area contributed by atoms with Crippen molar-refractivity contribution in [2.24, 2.45) is 0 Å². The molecule has 1 heterocycles. The van der Waals surface area contributed by atoms with Crippen LogP contribution in [-0.2, 0) is 9.32 Å². The third kappa shape index (κ3) is 2.67. The van der Waals surface area contributed by atoms with Gasteiger partial charge in [0, 0.05) is 0 Å². The molecule has 13 heavy (non-hydrogen) atoms. The highest BCUT2D eigenvalue weighted by atomic mass is 28.2. The maximum atomic E-state index is 11.1. The molecule has 0 N–H and O–H groups in total. The predicted molar refractivity (Wildman–Crippen MR) is 54.8 cm³/mol. The zero-order chi connectivity index (χ0) is 9.84. The topological polar surface area (TPSA) is 29.5 Å². The van der Waals surface area contributed by atoms with E-state index in [0.717, 1.165) is 6.04 Å². The fraction of sp³-hybridized carbons (Fsp3) is 0.667. The Labute approximate surface area is 81.6 Å². The van der Waals surface area contributed by atoms with E-state index in [-0.39, 0.29) is 11.9 Å². The third-order valence-electron chi connectivity index (χ3n) is 1.89. The highest BCUT2D eigenvalue weighted by Crippen LogP contribution is 2.21. The molecule has 1 rings (SSSR count). The van der Waals surface area contributed by atoms with Gasteiger partial charge in [0.05, 0.1) is 12.5 Å². The highest BCUT2D eigenvalue weighted by molar-refractivity contribution is 6.27. The minimum absolute atomic E-state index is 0.128. The summed E-state index contributed by atoms with van der Waals surface area (Å²) in [5, 5.41) is 1.54. The van der Waals surface area contributed by atoms with Crippen molar-refractivity contribution in [3.05, 3.63) is 11.6 Å². The van der Waals surface area contributed by atoms with Crippen LogP contribution in [0.1, 0.15) is 27.2 Å². The van der Waals surface area contributed by atoms with Gasteiger partial charge in [0.25, 0.3) is 0 Å². The summed E-state index contributed by atoms with van der Waals surface area (Å²) in [6, 6.07) is 1.28. The number of hydrogen-bond donors (Lipinski definition) is 0. The van der Waals surface area contributed by atoms with Gasteiger partial charge in [0.15, 0.2) is 9.76 Å². The van der Waals surface area contributed by atoms with Crippen molar-refractivity contribution >= 4 is 15.7 Å². The summed E-state index contributed by atoms with van der Waals surface area (Å²) in [5.74, 6) is 0.128. The summed E-state index contributed by atoms with van der Waals surface area (Å²) in [7, 11) is -0.507. The minimum Gasteiger partial charge on any atom is -0.325 e. The van der Waals surface area contributed by atoms with E-state index >= 15 is 0 Å². The Morgan fingerprint density at radius 1 is 1.77 bits per heavy atom. The van der Waals surface area contributed by atoms with Crippen LogP contribution in [0, 0.1) is 0 Å². The lowest BCUT2D eigenvalue weighted by Gasteiger charge is -2.37. The Bertz CT molecular complexity index is 224. The van der Waals surface area contributed by atoms with Crippen molar-refractivity contribution in [1.29, 1.82) is 0 Å². The van der Waals surface area contributed by atoms with Crippen LogP contribution in [0.5, 0.6) is 0 Å². The summed E-state index contributed by atoms with van der Waals surface area (Å²) >= 11 is 0. The van der Waals surface area contributed by atoms with Gasteiger partial charge < -0.3 is 4.53 Å². The van der Waals surface area contributed by atoms with Crippen LogP contribution in [0.2, 0.25) is 6.04 Å². The average Bonchev–Trinajstić information content (AvgIpc) is 2.03. The zero-order valence-electron chi connectivity index (χ0n) is 8.54. The van der Waals surface area contributed by atoms with Crippen LogP contribution in [0.3, 0.4) is 0 Å². The second-order valence-electron chi connectivity index (χ2n) is 3.57. The van der Waals surface area contributed by atoms with E-state index in [4.69, 9.17) is 4.53 Å². The number of hydroxylamine groups is 2. The van der Waals surface area contributed by atoms with Gasteiger partial charge in [-0.25, -0.2) is 5.06 Å². The maximum absolute atomic E-state index is 11.1. The number of carbonyl (C=O) groups is 1. The minimum atomic E-state index is -0.507. The van der Waals surface area contributed by atoms with Gasteiger partial charge >= 0.3 is 0 Å². The van der Waals surface area contributed by atoms with Crippen LogP contribution in [0.25, 0.3) is 0 Å². The van der Waals surface area contributed by atoms with Crippen LogP contribution < -0.4 is 0 Å². The molecule has 0 aliphatic carbocycles. The van der Waals surface area contributed by atoms with E-state index in [0.29, 0.717) is 6.42 Å². The summed E-state index contributed by atoms with van der Waals surface area (Å²) in [5.41, 5.74) is 1.24. The third-order valence-corrected chi connectivity index (χ3v) is 2.76. The van der Waals surface area contributed by atoms with Gasteiger partial charge in [-0.1, -0.05) is 18.6 Å². The standard InChI is InChI=1S/C9H17NO2Si/c1-4-13-12-10-8(5-7(2)3)6-9(10)11/h5,8H,4,6,13H2,1-3H3. The molecule has 1 saturated heterocycles. The molecular formula is C9H17NO2Si. The van der Waals surface area contributed by atoms with E-state index < -0.39 is 9.76 Å². The number of rotatable bonds is 4. The number of carbonyl (C=O) groups excluding carboxylic acids is 1. The second-order valence-corrected chi connectivity index (χ2v) is 5.23. The first-order valence-corrected chi connectivity index (χ1v) is 6.33. The molecule has 0 aromatic heterocycles. The molecule has 4 heteroatoms. The lowest BCUT2D eigenvalue weighted by molar-refractivity contribution is -0.184. The molecule has 74 valence electrons. The molecule has 3 nitrogen and oxygen atoms in total. The number of allylic oxidation sites excluding steroid dienone is 1. The lowest BCUT2D eigenvalue weighted by Crippen LogP contribution is -2.51. The van der Waals surface area contributed by atoms with E-state index in [2.05, 4.69) is 13.0 Å². The molecule has 1 unspecified atom stereocenters. The SMILES string of the molecule is CC[SiH2]ON1C(=O)CC1C=C(C)C. The number of amides is 1. The fourth-order valence-electron chi connectivity index (χ4n) is 1.29. The van der Waals surface area contributed by atoms with E-state index in [1.54, 1.807) is 5.06 Å². The number of nitrogens with zero attached hydrogens (tertiary/aromatic N) is 1. The van der Waals surface area contributed by atoms with E-state index in [9.17, 15) is 4.79 Å². The first-order chi connectivity index (χ1) is 6.15. The highest BCUT2D eigenvalue weighted by Gasteiger charge is 2.35. The zero-order valence-corrected chi connectivity index (χ0v) is 9.95. The summed E-state index contributed by atoms with van der Waals surface area (Å²) in [6.07, 6.45) is 2.70. The van der Waals surface area contributed by atoms with E-state index in [1.807, 2.05) is 13.8 Å². The van der Waals surface area contributed by atoms with Gasteiger partial charge in [-0.15, -0.1) is 0 Å². The molecule has 1 aliphatic heterocycles. The molecule has 0 radical (unpaired) electrons. The smallest absolute Gasteiger partial charge is 0.248 e.